The van der Waals surface area contributed by atoms with E-state index in [1.165, 1.54) is 25.0 Å². The monoisotopic (exact) mass is 256 g/mol. The molecular formula is C14H24O4. The van der Waals surface area contributed by atoms with Crippen LogP contribution in [-0.4, -0.2) is 22.2 Å². The van der Waals surface area contributed by atoms with Crippen LogP contribution in [-0.2, 0) is 9.59 Å². The van der Waals surface area contributed by atoms with Crippen LogP contribution in [0.15, 0.2) is 35.5 Å². The van der Waals surface area contributed by atoms with Gasteiger partial charge in [0.05, 0.1) is 0 Å². The maximum atomic E-state index is 9.60. The highest BCUT2D eigenvalue weighted by molar-refractivity contribution is 5.85. The van der Waals surface area contributed by atoms with Gasteiger partial charge in [-0.2, -0.15) is 0 Å². The minimum Gasteiger partial charge on any atom is -0.478 e. The van der Waals surface area contributed by atoms with E-state index in [9.17, 15) is 9.59 Å². The molecule has 4 heteroatoms. The Morgan fingerprint density at radius 2 is 0.778 bits per heavy atom. The number of rotatable bonds is 2. The van der Waals surface area contributed by atoms with E-state index in [0.717, 1.165) is 0 Å². The van der Waals surface area contributed by atoms with Crippen molar-refractivity contribution >= 4 is 11.9 Å². The van der Waals surface area contributed by atoms with Crippen molar-refractivity contribution in [1.29, 1.82) is 0 Å². The van der Waals surface area contributed by atoms with E-state index < -0.39 is 11.9 Å². The highest BCUT2D eigenvalue weighted by Gasteiger charge is 1.90. The summed E-state index contributed by atoms with van der Waals surface area (Å²) in [5.41, 5.74) is 3.20. The molecule has 0 aliphatic carbocycles. The molecule has 0 unspecified atom stereocenters. The van der Waals surface area contributed by atoms with Crippen LogP contribution < -0.4 is 0 Å². The Labute approximate surface area is 109 Å². The number of carbonyl (C=O) groups is 2. The summed E-state index contributed by atoms with van der Waals surface area (Å²) in [6.45, 7) is 17.7. The van der Waals surface area contributed by atoms with Crippen molar-refractivity contribution in [3.63, 3.8) is 0 Å². The molecule has 104 valence electrons. The zero-order valence-corrected chi connectivity index (χ0v) is 12.1. The van der Waals surface area contributed by atoms with Crippen molar-refractivity contribution in [3.05, 3.63) is 35.5 Å². The minimum absolute atomic E-state index is 0.176. The molecule has 0 spiro atoms. The summed E-state index contributed by atoms with van der Waals surface area (Å²) >= 11 is 0. The normalized spacial score (nSPS) is 7.67. The number of hydrogen-bond donors (Lipinski definition) is 2. The van der Waals surface area contributed by atoms with Crippen LogP contribution in [0.5, 0.6) is 0 Å². The maximum Gasteiger partial charge on any atom is 0.330 e. The van der Waals surface area contributed by atoms with E-state index in [2.05, 4.69) is 40.9 Å². The highest BCUT2D eigenvalue weighted by Crippen LogP contribution is 1.97. The molecule has 0 radical (unpaired) electrons. The van der Waals surface area contributed by atoms with Crippen LogP contribution in [0.1, 0.15) is 41.5 Å². The fourth-order valence-corrected chi connectivity index (χ4v) is 0. The van der Waals surface area contributed by atoms with E-state index >= 15 is 0 Å². The predicted octanol–water partition coefficient (Wildman–Crippen LogP) is 3.66. The molecule has 0 amide bonds. The fourth-order valence-electron chi connectivity index (χ4n) is 0. The van der Waals surface area contributed by atoms with Gasteiger partial charge in [0.2, 0.25) is 0 Å². The second-order valence-corrected chi connectivity index (χ2v) is 4.17. The molecule has 0 atom stereocenters. The van der Waals surface area contributed by atoms with Crippen molar-refractivity contribution in [1.82, 2.24) is 0 Å². The van der Waals surface area contributed by atoms with Gasteiger partial charge in [-0.25, -0.2) is 9.59 Å². The van der Waals surface area contributed by atoms with E-state index in [0.29, 0.717) is 0 Å². The largest absolute Gasteiger partial charge is 0.478 e. The molecule has 18 heavy (non-hydrogen) atoms. The van der Waals surface area contributed by atoms with Crippen LogP contribution in [0, 0.1) is 0 Å². The first kappa shape index (κ1) is 21.4. The molecule has 0 fully saturated rings. The van der Waals surface area contributed by atoms with Crippen molar-refractivity contribution in [2.24, 2.45) is 0 Å². The molecule has 0 rings (SSSR count). The Morgan fingerprint density at radius 3 is 0.778 bits per heavy atom. The molecule has 0 aromatic heterocycles. The van der Waals surface area contributed by atoms with Crippen LogP contribution in [0.4, 0.5) is 0 Å². The minimum atomic E-state index is -0.935. The van der Waals surface area contributed by atoms with Gasteiger partial charge >= 0.3 is 11.9 Å². The number of carboxylic acid groups (broad SMARTS) is 2. The van der Waals surface area contributed by atoms with Crippen LogP contribution in [0.2, 0.25) is 0 Å². The molecule has 4 nitrogen and oxygen atoms in total. The van der Waals surface area contributed by atoms with Crippen molar-refractivity contribution in [2.75, 3.05) is 0 Å². The van der Waals surface area contributed by atoms with Crippen molar-refractivity contribution in [3.8, 4) is 0 Å². The van der Waals surface area contributed by atoms with Crippen molar-refractivity contribution < 1.29 is 19.8 Å². The zero-order chi connectivity index (χ0) is 15.5. The summed E-state index contributed by atoms with van der Waals surface area (Å²) in [6, 6.07) is 0. The van der Waals surface area contributed by atoms with Crippen LogP contribution in [0.25, 0.3) is 0 Å². The molecule has 0 aliphatic heterocycles. The van der Waals surface area contributed by atoms with Crippen molar-refractivity contribution in [2.45, 2.75) is 41.5 Å². The summed E-state index contributed by atoms with van der Waals surface area (Å²) in [7, 11) is 0. The number of aliphatic carboxylic acids is 2. The Balaban J connectivity index is -0.000000187. The topological polar surface area (TPSA) is 74.6 Å². The molecular weight excluding hydrogens is 232 g/mol. The van der Waals surface area contributed by atoms with Crippen LogP contribution in [0.3, 0.4) is 0 Å². The van der Waals surface area contributed by atoms with E-state index in [4.69, 9.17) is 10.2 Å². The van der Waals surface area contributed by atoms with Gasteiger partial charge in [0, 0.05) is 11.1 Å². The molecule has 0 saturated heterocycles. The van der Waals surface area contributed by atoms with Gasteiger partial charge in [0.25, 0.3) is 0 Å². The average Bonchev–Trinajstić information content (AvgIpc) is 2.18. The van der Waals surface area contributed by atoms with Gasteiger partial charge in [-0.1, -0.05) is 24.3 Å². The number of carboxylic acids is 2. The molecule has 0 aromatic rings. The second kappa shape index (κ2) is 11.6. The first-order valence-corrected chi connectivity index (χ1v) is 5.31. The lowest BCUT2D eigenvalue weighted by atomic mass is 10.2. The molecule has 0 aliphatic rings. The first-order valence-electron chi connectivity index (χ1n) is 5.31. The lowest BCUT2D eigenvalue weighted by Gasteiger charge is -1.88. The number of allylic oxidation sites excluding steroid dienone is 2. The van der Waals surface area contributed by atoms with Gasteiger partial charge in [-0.3, -0.25) is 0 Å². The third kappa shape index (κ3) is 23.8. The van der Waals surface area contributed by atoms with E-state index in [1.54, 1.807) is 0 Å². The Bertz CT molecular complexity index is 283. The predicted molar refractivity (Wildman–Crippen MR) is 74.6 cm³/mol. The second-order valence-electron chi connectivity index (χ2n) is 4.17. The van der Waals surface area contributed by atoms with Gasteiger partial charge in [-0.15, -0.1) is 0 Å². The van der Waals surface area contributed by atoms with E-state index in [-0.39, 0.29) is 11.1 Å². The lowest BCUT2D eigenvalue weighted by molar-refractivity contribution is -0.133. The quantitative estimate of drug-likeness (QED) is 0.584. The van der Waals surface area contributed by atoms with Crippen LogP contribution >= 0.6 is 0 Å². The Kier molecular flexibility index (Phi) is 13.9. The third-order valence-electron chi connectivity index (χ3n) is 1.73. The van der Waals surface area contributed by atoms with Gasteiger partial charge in [0.1, 0.15) is 0 Å². The summed E-state index contributed by atoms with van der Waals surface area (Å²) in [6.07, 6.45) is 0. The fraction of sp³-hybridized carbons (Fsp3) is 0.429. The Morgan fingerprint density at radius 1 is 0.667 bits per heavy atom. The number of hydrogen-bond acceptors (Lipinski definition) is 2. The Hall–Kier alpha value is -1.84. The lowest BCUT2D eigenvalue weighted by Crippen LogP contribution is -1.92. The van der Waals surface area contributed by atoms with Gasteiger partial charge < -0.3 is 10.2 Å². The molecule has 0 bridgehead atoms. The third-order valence-corrected chi connectivity index (χ3v) is 1.73. The summed E-state index contributed by atoms with van der Waals surface area (Å²) in [5.74, 6) is -1.87. The maximum absolute atomic E-state index is 9.60. The molecule has 0 heterocycles. The smallest absolute Gasteiger partial charge is 0.330 e. The molecule has 0 aromatic carbocycles. The molecule has 2 N–H and O–H groups in total. The van der Waals surface area contributed by atoms with Gasteiger partial charge in [0.15, 0.2) is 0 Å². The summed E-state index contributed by atoms with van der Waals surface area (Å²) < 4.78 is 0. The first-order chi connectivity index (χ1) is 7.93. The SMILES string of the molecule is C=C(C)C(=O)O.C=C(C)C(=O)O.CC(C)=C(C)C. The summed E-state index contributed by atoms with van der Waals surface area (Å²) in [4.78, 5) is 19.2. The van der Waals surface area contributed by atoms with E-state index in [1.807, 2.05) is 0 Å². The van der Waals surface area contributed by atoms with Gasteiger partial charge in [-0.05, 0) is 41.5 Å². The summed E-state index contributed by atoms with van der Waals surface area (Å²) in [5, 5.41) is 15.8. The zero-order valence-electron chi connectivity index (χ0n) is 12.1. The standard InChI is InChI=1S/C6H12.2C4H6O2/c1-5(2)6(3)4;2*1-3(2)4(5)6/h1-4H3;2*1H2,2H3,(H,5,6). The highest BCUT2D eigenvalue weighted by atomic mass is 16.4. The average molecular weight is 256 g/mol. The molecule has 0 saturated carbocycles.